The summed E-state index contributed by atoms with van der Waals surface area (Å²) in [5.74, 6) is -0.653. The van der Waals surface area contributed by atoms with Crippen LogP contribution in [0.25, 0.3) is 0 Å². The number of para-hydroxylation sites is 1. The Bertz CT molecular complexity index is 1070. The third kappa shape index (κ3) is 6.96. The minimum atomic E-state index is -3.73. The molecular weight excluding hydrogens is 474 g/mol. The van der Waals surface area contributed by atoms with Crippen LogP contribution in [0.2, 0.25) is 5.02 Å². The van der Waals surface area contributed by atoms with Gasteiger partial charge in [0.2, 0.25) is 21.8 Å². The van der Waals surface area contributed by atoms with Crippen LogP contribution in [-0.4, -0.2) is 50.0 Å². The van der Waals surface area contributed by atoms with Crippen LogP contribution < -0.4 is 9.62 Å². The van der Waals surface area contributed by atoms with Gasteiger partial charge in [-0.05, 0) is 49.1 Å². The van der Waals surface area contributed by atoms with E-state index in [1.807, 2.05) is 6.92 Å². The van der Waals surface area contributed by atoms with Gasteiger partial charge in [0.25, 0.3) is 0 Å². The van der Waals surface area contributed by atoms with E-state index < -0.39 is 28.5 Å². The summed E-state index contributed by atoms with van der Waals surface area (Å²) in [4.78, 5) is 28.3. The summed E-state index contributed by atoms with van der Waals surface area (Å²) in [6, 6.07) is 14.9. The van der Waals surface area contributed by atoms with E-state index in [-0.39, 0.29) is 18.5 Å². The Morgan fingerprint density at radius 1 is 1.06 bits per heavy atom. The van der Waals surface area contributed by atoms with Gasteiger partial charge in [0.1, 0.15) is 12.6 Å². The molecule has 1 atom stereocenters. The van der Waals surface area contributed by atoms with E-state index >= 15 is 0 Å². The van der Waals surface area contributed by atoms with Crippen LogP contribution in [-0.2, 0) is 26.2 Å². The zero-order valence-electron chi connectivity index (χ0n) is 19.6. The Labute approximate surface area is 207 Å². The number of benzene rings is 2. The molecule has 1 saturated carbocycles. The smallest absolute Gasteiger partial charge is 0.244 e. The molecule has 0 bridgehead atoms. The molecule has 2 aromatic carbocycles. The Morgan fingerprint density at radius 2 is 1.68 bits per heavy atom. The molecule has 7 nitrogen and oxygen atoms in total. The normalized spacial score (nSPS) is 15.0. The van der Waals surface area contributed by atoms with Gasteiger partial charge < -0.3 is 10.2 Å². The molecule has 2 amide bonds. The highest BCUT2D eigenvalue weighted by Crippen LogP contribution is 2.21. The van der Waals surface area contributed by atoms with Crippen molar-refractivity contribution in [3.63, 3.8) is 0 Å². The van der Waals surface area contributed by atoms with Gasteiger partial charge in [0.05, 0.1) is 11.9 Å². The van der Waals surface area contributed by atoms with Crippen LogP contribution in [0.3, 0.4) is 0 Å². The molecule has 0 radical (unpaired) electrons. The number of halogens is 1. The molecule has 1 aliphatic rings. The van der Waals surface area contributed by atoms with Gasteiger partial charge in [0, 0.05) is 17.6 Å². The maximum absolute atomic E-state index is 13.6. The minimum absolute atomic E-state index is 0.117. The molecule has 2 aromatic rings. The Kier molecular flexibility index (Phi) is 8.97. The Balaban J connectivity index is 1.89. The van der Waals surface area contributed by atoms with E-state index in [2.05, 4.69) is 5.32 Å². The van der Waals surface area contributed by atoms with Crippen LogP contribution in [0.1, 0.15) is 44.6 Å². The number of carbonyl (C=O) groups excluding carboxylic acids is 2. The second-order valence-corrected chi connectivity index (χ2v) is 11.0. The summed E-state index contributed by atoms with van der Waals surface area (Å²) < 4.78 is 26.2. The van der Waals surface area contributed by atoms with Crippen molar-refractivity contribution in [3.8, 4) is 0 Å². The highest BCUT2D eigenvalue weighted by Gasteiger charge is 2.32. The Hall–Kier alpha value is -2.58. The van der Waals surface area contributed by atoms with Crippen molar-refractivity contribution in [3.05, 3.63) is 65.2 Å². The summed E-state index contributed by atoms with van der Waals surface area (Å²) in [7, 11) is -3.73. The predicted molar refractivity (Wildman–Crippen MR) is 135 cm³/mol. The van der Waals surface area contributed by atoms with E-state index in [4.69, 9.17) is 11.6 Å². The lowest BCUT2D eigenvalue weighted by atomic mass is 10.1. The van der Waals surface area contributed by atoms with Crippen molar-refractivity contribution >= 4 is 39.1 Å². The van der Waals surface area contributed by atoms with Crippen LogP contribution in [0.4, 0.5) is 5.69 Å². The van der Waals surface area contributed by atoms with Gasteiger partial charge in [0.15, 0.2) is 0 Å². The number of amides is 2. The number of hydrogen-bond donors (Lipinski definition) is 1. The lowest BCUT2D eigenvalue weighted by molar-refractivity contribution is -0.140. The highest BCUT2D eigenvalue weighted by atomic mass is 35.5. The molecule has 9 heteroatoms. The fourth-order valence-electron chi connectivity index (χ4n) is 4.28. The fraction of sp³-hybridized carbons (Fsp3) is 0.440. The molecule has 184 valence electrons. The van der Waals surface area contributed by atoms with Crippen LogP contribution in [0.15, 0.2) is 54.6 Å². The first-order valence-electron chi connectivity index (χ1n) is 11.6. The molecule has 1 N–H and O–H groups in total. The monoisotopic (exact) mass is 505 g/mol. The number of nitrogens with one attached hydrogen (secondary N) is 1. The molecular formula is C25H32ClN3O4S. The lowest BCUT2D eigenvalue weighted by Crippen LogP contribution is -2.53. The van der Waals surface area contributed by atoms with Gasteiger partial charge in [-0.25, -0.2) is 8.42 Å². The first kappa shape index (κ1) is 26.0. The first-order valence-corrected chi connectivity index (χ1v) is 13.8. The number of carbonyl (C=O) groups is 2. The molecule has 1 aliphatic carbocycles. The minimum Gasteiger partial charge on any atom is -0.352 e. The van der Waals surface area contributed by atoms with E-state index in [0.29, 0.717) is 17.1 Å². The van der Waals surface area contributed by atoms with Gasteiger partial charge >= 0.3 is 0 Å². The van der Waals surface area contributed by atoms with E-state index in [1.165, 1.54) is 4.90 Å². The molecule has 34 heavy (non-hydrogen) atoms. The van der Waals surface area contributed by atoms with Crippen molar-refractivity contribution in [1.29, 1.82) is 0 Å². The van der Waals surface area contributed by atoms with Crippen LogP contribution >= 0.6 is 11.6 Å². The highest BCUT2D eigenvalue weighted by molar-refractivity contribution is 7.92. The molecule has 0 unspecified atom stereocenters. The fourth-order valence-corrected chi connectivity index (χ4v) is 5.26. The SMILES string of the molecule is CC[C@H](C(=O)NC1CCCC1)N(Cc1ccc(Cl)cc1)C(=O)CN(c1ccccc1)S(C)(=O)=O. The van der Waals surface area contributed by atoms with Gasteiger partial charge in [-0.15, -0.1) is 0 Å². The zero-order chi connectivity index (χ0) is 24.7. The van der Waals surface area contributed by atoms with Crippen molar-refractivity contribution in [2.75, 3.05) is 17.1 Å². The molecule has 0 heterocycles. The number of anilines is 1. The summed E-state index contributed by atoms with van der Waals surface area (Å²) in [6.07, 6.45) is 5.50. The van der Waals surface area contributed by atoms with Crippen LogP contribution in [0, 0.1) is 0 Å². The largest absolute Gasteiger partial charge is 0.352 e. The van der Waals surface area contributed by atoms with E-state index in [1.54, 1.807) is 54.6 Å². The third-order valence-corrected chi connectivity index (χ3v) is 7.47. The quantitative estimate of drug-likeness (QED) is 0.529. The van der Waals surface area contributed by atoms with E-state index in [0.717, 1.165) is 41.8 Å². The summed E-state index contributed by atoms with van der Waals surface area (Å²) >= 11 is 6.02. The second kappa shape index (κ2) is 11.7. The average molecular weight is 506 g/mol. The number of rotatable bonds is 10. The molecule has 3 rings (SSSR count). The van der Waals surface area contributed by atoms with Crippen LogP contribution in [0.5, 0.6) is 0 Å². The topological polar surface area (TPSA) is 86.8 Å². The number of hydrogen-bond acceptors (Lipinski definition) is 4. The molecule has 0 spiro atoms. The van der Waals surface area contributed by atoms with Crippen molar-refractivity contribution in [2.24, 2.45) is 0 Å². The number of sulfonamides is 1. The van der Waals surface area contributed by atoms with Crippen molar-refractivity contribution in [2.45, 2.75) is 57.7 Å². The van der Waals surface area contributed by atoms with Gasteiger partial charge in [-0.3, -0.25) is 13.9 Å². The molecule has 0 aliphatic heterocycles. The molecule has 1 fully saturated rings. The summed E-state index contributed by atoms with van der Waals surface area (Å²) in [5.41, 5.74) is 1.20. The maximum Gasteiger partial charge on any atom is 0.244 e. The van der Waals surface area contributed by atoms with E-state index in [9.17, 15) is 18.0 Å². The van der Waals surface area contributed by atoms with Crippen molar-refractivity contribution in [1.82, 2.24) is 10.2 Å². The second-order valence-electron chi connectivity index (χ2n) is 8.67. The number of nitrogens with zero attached hydrogens (tertiary/aromatic N) is 2. The molecule has 0 aromatic heterocycles. The van der Waals surface area contributed by atoms with Gasteiger partial charge in [-0.2, -0.15) is 0 Å². The standard InChI is InChI=1S/C25H32ClN3O4S/c1-3-23(25(31)27-21-9-7-8-10-21)28(17-19-13-15-20(26)16-14-19)24(30)18-29(34(2,32)33)22-11-5-4-6-12-22/h4-6,11-16,21,23H,3,7-10,17-18H2,1-2H3,(H,27,31)/t23-/m1/s1. The predicted octanol–water partition coefficient (Wildman–Crippen LogP) is 3.97. The summed E-state index contributed by atoms with van der Waals surface area (Å²) in [5, 5.41) is 3.66. The summed E-state index contributed by atoms with van der Waals surface area (Å²) in [6.45, 7) is 1.62. The molecule has 0 saturated heterocycles. The first-order chi connectivity index (χ1) is 16.2. The van der Waals surface area contributed by atoms with Crippen molar-refractivity contribution < 1.29 is 18.0 Å². The third-order valence-electron chi connectivity index (χ3n) is 6.08. The van der Waals surface area contributed by atoms with Gasteiger partial charge in [-0.1, -0.05) is 61.7 Å². The average Bonchev–Trinajstić information content (AvgIpc) is 3.31. The lowest BCUT2D eigenvalue weighted by Gasteiger charge is -2.33. The zero-order valence-corrected chi connectivity index (χ0v) is 21.2. The maximum atomic E-state index is 13.6. The Morgan fingerprint density at radius 3 is 2.24 bits per heavy atom.